The topological polar surface area (TPSA) is 183 Å². The van der Waals surface area contributed by atoms with Crippen LogP contribution in [0.1, 0.15) is 31.2 Å². The van der Waals surface area contributed by atoms with Crippen LogP contribution in [0.2, 0.25) is 0 Å². The van der Waals surface area contributed by atoms with Gasteiger partial charge in [-0.25, -0.2) is 0 Å². The van der Waals surface area contributed by atoms with Crippen molar-refractivity contribution in [2.75, 3.05) is 13.1 Å². The van der Waals surface area contributed by atoms with Gasteiger partial charge in [-0.1, -0.05) is 30.3 Å². The Bertz CT molecular complexity index is 765. The third-order valence-corrected chi connectivity index (χ3v) is 5.06. The molecule has 10 nitrogen and oxygen atoms in total. The lowest BCUT2D eigenvalue weighted by Crippen LogP contribution is -2.55. The fourth-order valence-electron chi connectivity index (χ4n) is 3.53. The lowest BCUT2D eigenvalue weighted by molar-refractivity contribution is -0.140. The molecule has 0 bridgehead atoms. The number of carbonyl (C=O) groups excluding carboxylic acids is 3. The van der Waals surface area contributed by atoms with Gasteiger partial charge < -0.3 is 33.2 Å². The smallest absolute Gasteiger partial charge is 0.243 e. The van der Waals surface area contributed by atoms with Crippen LogP contribution < -0.4 is 28.3 Å². The van der Waals surface area contributed by atoms with Gasteiger partial charge in [-0.2, -0.15) is 0 Å². The number of hydrogen-bond donors (Lipinski definition) is 5. The molecule has 3 amide bonds. The summed E-state index contributed by atoms with van der Waals surface area (Å²) in [7, 11) is 0. The summed E-state index contributed by atoms with van der Waals surface area (Å²) < 4.78 is 0. The minimum atomic E-state index is -0.859. The van der Waals surface area contributed by atoms with Crippen molar-refractivity contribution in [3.8, 4) is 0 Å². The summed E-state index contributed by atoms with van der Waals surface area (Å²) >= 11 is 0. The van der Waals surface area contributed by atoms with E-state index in [1.807, 2.05) is 30.3 Å². The summed E-state index contributed by atoms with van der Waals surface area (Å²) in [5, 5.41) is 2.66. The second kappa shape index (κ2) is 11.1. The van der Waals surface area contributed by atoms with Crippen molar-refractivity contribution in [1.29, 1.82) is 0 Å². The van der Waals surface area contributed by atoms with Gasteiger partial charge in [0.25, 0.3) is 0 Å². The fourth-order valence-corrected chi connectivity index (χ4v) is 3.53. The standard InChI is InChI=1S/C20H31N7O3/c21-14(12-13-6-2-1-3-7-13)19(30)27-11-5-9-16(27)18(29)26-15(17(22)28)8-4-10-25-20(23)24/h1-3,6-7,14-16H,4-5,8-12,21H2,(H2,22,28)(H,26,29)(H4,23,24,25)/t14-,15-,16-/m0/s1. The summed E-state index contributed by atoms with van der Waals surface area (Å²) in [6, 6.07) is 7.20. The van der Waals surface area contributed by atoms with Crippen molar-refractivity contribution in [2.24, 2.45) is 27.9 Å². The van der Waals surface area contributed by atoms with Crippen molar-refractivity contribution in [1.82, 2.24) is 10.2 Å². The van der Waals surface area contributed by atoms with E-state index in [0.717, 1.165) is 5.56 Å². The van der Waals surface area contributed by atoms with E-state index in [-0.39, 0.29) is 11.9 Å². The van der Waals surface area contributed by atoms with Gasteiger partial charge in [0.05, 0.1) is 6.04 Å². The molecule has 3 atom stereocenters. The molecule has 0 saturated carbocycles. The lowest BCUT2D eigenvalue weighted by atomic mass is 10.0. The number of rotatable bonds is 10. The van der Waals surface area contributed by atoms with Gasteiger partial charge in [0.15, 0.2) is 5.96 Å². The number of amides is 3. The highest BCUT2D eigenvalue weighted by Crippen LogP contribution is 2.19. The molecule has 1 aromatic rings. The van der Waals surface area contributed by atoms with Gasteiger partial charge in [-0.15, -0.1) is 0 Å². The molecule has 0 spiro atoms. The third-order valence-electron chi connectivity index (χ3n) is 5.06. The molecule has 10 heteroatoms. The normalized spacial score (nSPS) is 17.8. The van der Waals surface area contributed by atoms with Gasteiger partial charge in [0.2, 0.25) is 17.7 Å². The molecule has 1 heterocycles. The van der Waals surface area contributed by atoms with E-state index < -0.39 is 29.9 Å². The van der Waals surface area contributed by atoms with E-state index in [1.54, 1.807) is 0 Å². The maximum Gasteiger partial charge on any atom is 0.243 e. The third kappa shape index (κ3) is 6.73. The number of guanidine groups is 1. The predicted octanol–water partition coefficient (Wildman–Crippen LogP) is -1.43. The Labute approximate surface area is 176 Å². The second-order valence-corrected chi connectivity index (χ2v) is 7.40. The van der Waals surface area contributed by atoms with Crippen molar-refractivity contribution < 1.29 is 14.4 Å². The largest absolute Gasteiger partial charge is 0.370 e. The van der Waals surface area contributed by atoms with E-state index in [1.165, 1.54) is 4.90 Å². The molecule has 0 radical (unpaired) electrons. The molecule has 30 heavy (non-hydrogen) atoms. The Kier molecular flexibility index (Phi) is 8.60. The molecule has 1 aliphatic rings. The van der Waals surface area contributed by atoms with Gasteiger partial charge in [-0.3, -0.25) is 19.4 Å². The second-order valence-electron chi connectivity index (χ2n) is 7.40. The Morgan fingerprint density at radius 3 is 2.50 bits per heavy atom. The zero-order valence-corrected chi connectivity index (χ0v) is 17.0. The van der Waals surface area contributed by atoms with Crippen molar-refractivity contribution >= 4 is 23.7 Å². The molecule has 2 rings (SSSR count). The van der Waals surface area contributed by atoms with E-state index in [4.69, 9.17) is 22.9 Å². The minimum Gasteiger partial charge on any atom is -0.370 e. The van der Waals surface area contributed by atoms with E-state index in [0.29, 0.717) is 45.2 Å². The fraction of sp³-hybridized carbons (Fsp3) is 0.500. The van der Waals surface area contributed by atoms with Crippen LogP contribution in [0, 0.1) is 0 Å². The first kappa shape index (κ1) is 23.1. The first-order valence-electron chi connectivity index (χ1n) is 10.0. The zero-order chi connectivity index (χ0) is 22.1. The monoisotopic (exact) mass is 417 g/mol. The number of likely N-dealkylation sites (tertiary alicyclic amines) is 1. The molecule has 1 aromatic carbocycles. The molecule has 0 unspecified atom stereocenters. The molecule has 1 saturated heterocycles. The zero-order valence-electron chi connectivity index (χ0n) is 17.0. The quantitative estimate of drug-likeness (QED) is 0.177. The molecule has 0 aliphatic carbocycles. The van der Waals surface area contributed by atoms with Crippen LogP contribution in [0.3, 0.4) is 0 Å². The van der Waals surface area contributed by atoms with Crippen LogP contribution in [0.5, 0.6) is 0 Å². The minimum absolute atomic E-state index is 0.0402. The first-order chi connectivity index (χ1) is 14.3. The Balaban J connectivity index is 1.95. The number of primary amides is 1. The van der Waals surface area contributed by atoms with E-state index >= 15 is 0 Å². The first-order valence-corrected chi connectivity index (χ1v) is 10.0. The Morgan fingerprint density at radius 2 is 1.87 bits per heavy atom. The van der Waals surface area contributed by atoms with Crippen LogP contribution in [0.25, 0.3) is 0 Å². The highest BCUT2D eigenvalue weighted by atomic mass is 16.2. The molecule has 0 aromatic heterocycles. The van der Waals surface area contributed by atoms with Crippen LogP contribution >= 0.6 is 0 Å². The highest BCUT2D eigenvalue weighted by molar-refractivity contribution is 5.93. The van der Waals surface area contributed by atoms with Crippen molar-refractivity contribution in [2.45, 2.75) is 50.2 Å². The van der Waals surface area contributed by atoms with Crippen molar-refractivity contribution in [3.63, 3.8) is 0 Å². The van der Waals surface area contributed by atoms with Gasteiger partial charge in [0, 0.05) is 13.1 Å². The molecule has 1 fully saturated rings. The molecular formula is C20H31N7O3. The summed E-state index contributed by atoms with van der Waals surface area (Å²) in [4.78, 5) is 42.7. The van der Waals surface area contributed by atoms with Crippen molar-refractivity contribution in [3.05, 3.63) is 35.9 Å². The average molecular weight is 418 g/mol. The number of nitrogens with two attached hydrogens (primary N) is 4. The number of nitrogens with zero attached hydrogens (tertiary/aromatic N) is 2. The Morgan fingerprint density at radius 1 is 1.17 bits per heavy atom. The maximum atomic E-state index is 12.8. The van der Waals surface area contributed by atoms with Crippen LogP contribution in [-0.2, 0) is 20.8 Å². The summed E-state index contributed by atoms with van der Waals surface area (Å²) in [5.41, 5.74) is 23.0. The van der Waals surface area contributed by atoms with E-state index in [2.05, 4.69) is 10.3 Å². The molecule has 1 aliphatic heterocycles. The van der Waals surface area contributed by atoms with Crippen LogP contribution in [0.4, 0.5) is 0 Å². The highest BCUT2D eigenvalue weighted by Gasteiger charge is 2.37. The van der Waals surface area contributed by atoms with Crippen LogP contribution in [0.15, 0.2) is 35.3 Å². The SMILES string of the molecule is NC(=O)[C@H](CCCN=C(N)N)NC(=O)[C@@H]1CCCN1C(=O)[C@@H](N)Cc1ccccc1. The maximum absolute atomic E-state index is 12.8. The van der Waals surface area contributed by atoms with Gasteiger partial charge in [0.1, 0.15) is 12.1 Å². The number of aliphatic imine (C=N–C) groups is 1. The lowest BCUT2D eigenvalue weighted by Gasteiger charge is -2.28. The van der Waals surface area contributed by atoms with Gasteiger partial charge >= 0.3 is 0 Å². The molecule has 9 N–H and O–H groups in total. The predicted molar refractivity (Wildman–Crippen MR) is 114 cm³/mol. The molecule has 164 valence electrons. The summed E-state index contributed by atoms with van der Waals surface area (Å²) in [6.45, 7) is 0.773. The van der Waals surface area contributed by atoms with Gasteiger partial charge in [-0.05, 0) is 37.7 Å². The average Bonchev–Trinajstić information content (AvgIpc) is 3.19. The van der Waals surface area contributed by atoms with Crippen LogP contribution in [-0.4, -0.2) is 59.8 Å². The Hall–Kier alpha value is -3.14. The summed E-state index contributed by atoms with van der Waals surface area (Å²) in [6.07, 6.45) is 2.36. The number of benzene rings is 1. The number of carbonyl (C=O) groups is 3. The molecular weight excluding hydrogens is 386 g/mol. The summed E-state index contributed by atoms with van der Waals surface area (Å²) in [5.74, 6) is -1.37. The number of nitrogens with one attached hydrogen (secondary N) is 1. The van der Waals surface area contributed by atoms with E-state index in [9.17, 15) is 14.4 Å². The number of hydrogen-bond acceptors (Lipinski definition) is 5.